The number of amides is 9. The molecular formula is C78H156N18O15. The van der Waals surface area contributed by atoms with Crippen molar-refractivity contribution in [1.29, 1.82) is 0 Å². The third-order valence-electron chi connectivity index (χ3n) is 21.8. The minimum Gasteiger partial charge on any atom is -0.387 e. The molecule has 0 aliphatic carbocycles. The molecule has 9 heterocycles. The Balaban J connectivity index is 0.000000625. The molecule has 0 saturated carbocycles. The summed E-state index contributed by atoms with van der Waals surface area (Å²) in [6.45, 7) is 52.1. The molecule has 33 heteroatoms. The van der Waals surface area contributed by atoms with E-state index in [4.69, 9.17) is 30.6 Å². The first-order valence-corrected chi connectivity index (χ1v) is 40.5. The molecule has 14 atom stereocenters. The van der Waals surface area contributed by atoms with Crippen LogP contribution >= 0.6 is 0 Å². The molecule has 9 rings (SSSR count). The molecule has 0 spiro atoms. The molecule has 111 heavy (non-hydrogen) atoms. The highest BCUT2D eigenvalue weighted by Gasteiger charge is 2.35. The average molecular weight is 1590 g/mol. The number of nitrogens with zero attached hydrogens (tertiary/aromatic N) is 18. The Morgan fingerprint density at radius 2 is 0.541 bits per heavy atom. The summed E-state index contributed by atoms with van der Waals surface area (Å²) >= 11 is 0. The predicted molar refractivity (Wildman–Crippen MR) is 435 cm³/mol. The van der Waals surface area contributed by atoms with Crippen LogP contribution in [0.1, 0.15) is 124 Å². The van der Waals surface area contributed by atoms with Crippen molar-refractivity contribution < 1.29 is 73.8 Å². The van der Waals surface area contributed by atoms with Crippen molar-refractivity contribution in [3.05, 3.63) is 0 Å². The van der Waals surface area contributed by atoms with Crippen molar-refractivity contribution in [3.8, 4) is 0 Å². The lowest BCUT2D eigenvalue weighted by molar-refractivity contribution is -0.144. The first-order chi connectivity index (χ1) is 51.8. The summed E-state index contributed by atoms with van der Waals surface area (Å²) in [5.41, 5.74) is 0. The number of hydrogen-bond donors (Lipinski definition) is 6. The molecule has 0 aromatic rings. The van der Waals surface area contributed by atoms with E-state index in [1.54, 1.807) is 43.2 Å². The van der Waals surface area contributed by atoms with E-state index in [9.17, 15) is 43.2 Å². The van der Waals surface area contributed by atoms with Gasteiger partial charge in [-0.15, -0.1) is 0 Å². The van der Waals surface area contributed by atoms with Crippen molar-refractivity contribution in [2.75, 3.05) is 247 Å². The molecule has 0 aromatic carbocycles. The lowest BCUT2D eigenvalue weighted by Gasteiger charge is -2.42. The molecule has 0 radical (unpaired) electrons. The fraction of sp³-hybridized carbons (Fsp3) is 0.885. The highest BCUT2D eigenvalue weighted by molar-refractivity contribution is 5.82. The van der Waals surface area contributed by atoms with Gasteiger partial charge in [0.05, 0.1) is 0 Å². The van der Waals surface area contributed by atoms with Gasteiger partial charge in [-0.1, -0.05) is 13.8 Å². The summed E-state index contributed by atoms with van der Waals surface area (Å²) in [5.74, 6) is -0.487. The SMILES string of the molecule is CC[C@@H]1CN(C)CCN1C(C)=O.CC[C@H]1CN(C)CCN1C(C)=O.CN1CCN(C(=O)CO)CC1.C[C@@H](O)C(=O)N1CCN(C)C[C@@H]1C.C[C@@H]1CN(C)CCN1C(=O)[C@@H](C)O.C[C@@H]1CN(C)C[C@H](C)N1C(=O)CO.C[C@@H]1CN(C)C[C@H](C)N1C=O.C[C@H](O)C(=O)N1CCN(C)C[C@@H]1C.C[C@H](O)C(=O)N1CCN(C)C[C@H]1C. The predicted octanol–water partition coefficient (Wildman–Crippen LogP) is -2.31. The normalized spacial score (nSPS) is 27.4. The second-order valence-corrected chi connectivity index (χ2v) is 32.5. The van der Waals surface area contributed by atoms with Gasteiger partial charge in [0.15, 0.2) is 0 Å². The lowest BCUT2D eigenvalue weighted by Crippen LogP contribution is -2.58. The van der Waals surface area contributed by atoms with Gasteiger partial charge in [-0.2, -0.15) is 0 Å². The third kappa shape index (κ3) is 37.0. The molecule has 9 aliphatic heterocycles. The Kier molecular flexibility index (Phi) is 49.5. The Bertz CT molecular complexity index is 2490. The van der Waals surface area contributed by atoms with Gasteiger partial charge in [-0.25, -0.2) is 0 Å². The Morgan fingerprint density at radius 3 is 0.757 bits per heavy atom. The van der Waals surface area contributed by atoms with Crippen molar-refractivity contribution >= 4 is 53.7 Å². The Labute approximate surface area is 668 Å². The monoisotopic (exact) mass is 1590 g/mol. The van der Waals surface area contributed by atoms with Gasteiger partial charge in [0.1, 0.15) is 37.6 Å². The van der Waals surface area contributed by atoms with Crippen LogP contribution in [0.15, 0.2) is 0 Å². The van der Waals surface area contributed by atoms with Crippen LogP contribution in [0.5, 0.6) is 0 Å². The van der Waals surface area contributed by atoms with Crippen LogP contribution in [0, 0.1) is 0 Å². The maximum Gasteiger partial charge on any atom is 0.251 e. The Morgan fingerprint density at radius 1 is 0.315 bits per heavy atom. The van der Waals surface area contributed by atoms with Gasteiger partial charge >= 0.3 is 0 Å². The van der Waals surface area contributed by atoms with Crippen LogP contribution in [0.25, 0.3) is 0 Å². The quantitative estimate of drug-likeness (QED) is 0.132. The topological polar surface area (TPSA) is 333 Å². The summed E-state index contributed by atoms with van der Waals surface area (Å²) in [7, 11) is 18.6. The maximum absolute atomic E-state index is 11.5. The zero-order chi connectivity index (χ0) is 85.0. The van der Waals surface area contributed by atoms with Crippen molar-refractivity contribution in [3.63, 3.8) is 0 Å². The summed E-state index contributed by atoms with van der Waals surface area (Å²) in [4.78, 5) is 137. The van der Waals surface area contributed by atoms with Crippen LogP contribution in [0.3, 0.4) is 0 Å². The lowest BCUT2D eigenvalue weighted by atomic mass is 10.1. The van der Waals surface area contributed by atoms with Crippen LogP contribution in [0.4, 0.5) is 0 Å². The largest absolute Gasteiger partial charge is 0.387 e. The number of rotatable bonds is 9. The first-order valence-electron chi connectivity index (χ1n) is 40.5. The smallest absolute Gasteiger partial charge is 0.251 e. The van der Waals surface area contributed by atoms with Gasteiger partial charge in [-0.05, 0) is 159 Å². The van der Waals surface area contributed by atoms with Crippen molar-refractivity contribution in [2.45, 2.75) is 208 Å². The van der Waals surface area contributed by atoms with E-state index in [0.29, 0.717) is 24.2 Å². The highest BCUT2D eigenvalue weighted by Crippen LogP contribution is 2.18. The standard InChI is InChI=1S/5C9H18N2O2.2C9H18N2O.C8H16N2O.C7H14N2O2/c1-7-4-10(3)5-8(2)11(7)9(13)6-12;4*1-7-6-10(3)4-5-11(7)9(13)8(2)12;2*1-4-9-7-10(3)5-6-11(9)8(2)12;1-7-4-9(3)5-8(2)10(7)6-11;1-8-2-4-9(5-3-8)7(11)6-10/h5*7-8,12H,4-6H2,1-3H3;2*9H,4-7H2,1-3H3;6-8H,4-5H2,1-3H3;10H,2-6H2,1H3/t3*7-,8+;2*7-,8-;2*9-;7-,8+;/m.101010../s1. The first kappa shape index (κ1) is 104. The molecule has 33 nitrogen and oxygen atoms in total. The number of likely N-dealkylation sites (N-methyl/N-ethyl adjacent to an activating group) is 9. The van der Waals surface area contributed by atoms with Gasteiger partial charge in [0.2, 0.25) is 30.0 Å². The number of carbonyl (C=O) groups excluding carboxylic acids is 9. The number of hydrogen-bond acceptors (Lipinski definition) is 24. The molecule has 6 N–H and O–H groups in total. The fourth-order valence-electron chi connectivity index (χ4n) is 15.5. The number of aliphatic hydroxyl groups excluding tert-OH is 6. The maximum atomic E-state index is 11.5. The van der Waals surface area contributed by atoms with E-state index >= 15 is 0 Å². The molecular weight excluding hydrogens is 1430 g/mol. The molecule has 648 valence electrons. The minimum atomic E-state index is -0.870. The second kappa shape index (κ2) is 53.0. The van der Waals surface area contributed by atoms with E-state index < -0.39 is 24.4 Å². The molecule has 9 amide bonds. The molecule has 9 aliphatic rings. The summed E-state index contributed by atoms with van der Waals surface area (Å²) in [5, 5.41) is 53.9. The van der Waals surface area contributed by atoms with Crippen LogP contribution in [0.2, 0.25) is 0 Å². The van der Waals surface area contributed by atoms with Crippen LogP contribution in [-0.4, -0.2) is 504 Å². The van der Waals surface area contributed by atoms with Crippen molar-refractivity contribution in [1.82, 2.24) is 88.2 Å². The molecule has 9 fully saturated rings. The molecule has 9 saturated heterocycles. The zero-order valence-corrected chi connectivity index (χ0v) is 73.3. The van der Waals surface area contributed by atoms with Crippen molar-refractivity contribution in [2.24, 2.45) is 0 Å². The van der Waals surface area contributed by atoms with E-state index in [0.717, 1.165) is 189 Å². The van der Waals surface area contributed by atoms with Gasteiger partial charge in [-0.3, -0.25) is 43.2 Å². The molecule has 0 unspecified atom stereocenters. The van der Waals surface area contributed by atoms with Crippen LogP contribution in [-0.2, 0) is 43.2 Å². The van der Waals surface area contributed by atoms with E-state index in [-0.39, 0.29) is 96.7 Å². The van der Waals surface area contributed by atoms with Gasteiger partial charge in [0, 0.05) is 244 Å². The number of carbonyl (C=O) groups is 9. The average Bonchev–Trinajstić information content (AvgIpc) is 0.742. The Hall–Kier alpha value is -5.37. The zero-order valence-electron chi connectivity index (χ0n) is 73.3. The number of aliphatic hydroxyl groups is 6. The minimum absolute atomic E-state index is 0.152. The third-order valence-corrected chi connectivity index (χ3v) is 21.8. The van der Waals surface area contributed by atoms with E-state index in [1.165, 1.54) is 27.7 Å². The van der Waals surface area contributed by atoms with E-state index in [1.807, 2.05) is 98.5 Å². The molecule has 0 aromatic heterocycles. The van der Waals surface area contributed by atoms with Crippen LogP contribution < -0.4 is 0 Å². The van der Waals surface area contributed by atoms with Gasteiger partial charge in [0.25, 0.3) is 23.6 Å². The summed E-state index contributed by atoms with van der Waals surface area (Å²) in [6, 6.07) is 2.83. The second-order valence-electron chi connectivity index (χ2n) is 32.5. The van der Waals surface area contributed by atoms with E-state index in [2.05, 4.69) is 92.9 Å². The summed E-state index contributed by atoms with van der Waals surface area (Å²) < 4.78 is 0. The molecule has 0 bridgehead atoms. The van der Waals surface area contributed by atoms with Gasteiger partial charge < -0.3 is 119 Å². The highest BCUT2D eigenvalue weighted by atomic mass is 16.3. The summed E-state index contributed by atoms with van der Waals surface area (Å²) in [6.07, 6.45) is -0.399. The number of piperazine rings is 9. The fourth-order valence-corrected chi connectivity index (χ4v) is 15.5.